The van der Waals surface area contributed by atoms with Crippen LogP contribution in [0, 0.1) is 10.1 Å². The van der Waals surface area contributed by atoms with Crippen molar-refractivity contribution in [2.24, 2.45) is 0 Å². The molecule has 29 heavy (non-hydrogen) atoms. The lowest BCUT2D eigenvalue weighted by molar-refractivity contribution is -0.385. The Morgan fingerprint density at radius 2 is 1.72 bits per heavy atom. The van der Waals surface area contributed by atoms with Crippen LogP contribution < -0.4 is 14.8 Å². The van der Waals surface area contributed by atoms with Crippen LogP contribution in [0.25, 0.3) is 0 Å². The third-order valence-corrected chi connectivity index (χ3v) is 5.05. The number of non-ortho nitro benzene ring substituents is 1. The molecule has 0 atom stereocenters. The average Bonchev–Trinajstić information content (AvgIpc) is 3.18. The van der Waals surface area contributed by atoms with E-state index in [0.717, 1.165) is 5.75 Å². The van der Waals surface area contributed by atoms with Crippen molar-refractivity contribution in [3.8, 4) is 11.5 Å². The Morgan fingerprint density at radius 1 is 1.10 bits per heavy atom. The minimum absolute atomic E-state index is 0.0792. The van der Waals surface area contributed by atoms with Crippen molar-refractivity contribution in [2.45, 2.75) is 6.61 Å². The van der Waals surface area contributed by atoms with Gasteiger partial charge in [0.25, 0.3) is 11.6 Å². The summed E-state index contributed by atoms with van der Waals surface area (Å²) < 4.78 is 17.0. The van der Waals surface area contributed by atoms with Gasteiger partial charge in [0.15, 0.2) is 5.76 Å². The standard InChI is InChI=1S/C19H14Br2N2O6/c1-27-12-2-4-13(5-3-12)28-10-14-6-7-17(29-14)19(24)22-18-15(20)8-11(23(25)26)9-16(18)21/h2-9H,10H2,1H3,(H,22,24). The fourth-order valence-electron chi connectivity index (χ4n) is 2.36. The van der Waals surface area contributed by atoms with Crippen LogP contribution in [0.1, 0.15) is 16.3 Å². The Kier molecular flexibility index (Phi) is 6.55. The highest BCUT2D eigenvalue weighted by molar-refractivity contribution is 9.11. The monoisotopic (exact) mass is 524 g/mol. The van der Waals surface area contributed by atoms with E-state index in [1.54, 1.807) is 37.4 Å². The zero-order valence-corrected chi connectivity index (χ0v) is 18.2. The number of nitro benzene ring substituents is 1. The maximum Gasteiger partial charge on any atom is 0.291 e. The molecule has 0 aliphatic heterocycles. The number of ether oxygens (including phenoxy) is 2. The molecular formula is C19H14Br2N2O6. The number of benzene rings is 2. The van der Waals surface area contributed by atoms with E-state index in [2.05, 4.69) is 37.2 Å². The smallest absolute Gasteiger partial charge is 0.291 e. The highest BCUT2D eigenvalue weighted by Crippen LogP contribution is 2.35. The number of nitrogens with zero attached hydrogens (tertiary/aromatic N) is 1. The summed E-state index contributed by atoms with van der Waals surface area (Å²) in [6.45, 7) is 0.143. The summed E-state index contributed by atoms with van der Waals surface area (Å²) in [6.07, 6.45) is 0. The van der Waals surface area contributed by atoms with Crippen molar-refractivity contribution in [2.75, 3.05) is 12.4 Å². The number of furan rings is 1. The molecule has 3 aromatic rings. The Morgan fingerprint density at radius 3 is 2.31 bits per heavy atom. The topological polar surface area (TPSA) is 104 Å². The van der Waals surface area contributed by atoms with Crippen molar-refractivity contribution in [1.82, 2.24) is 0 Å². The van der Waals surface area contributed by atoms with Crippen molar-refractivity contribution < 1.29 is 23.6 Å². The van der Waals surface area contributed by atoms with E-state index in [-0.39, 0.29) is 18.1 Å². The van der Waals surface area contributed by atoms with Gasteiger partial charge in [-0.05, 0) is 68.3 Å². The SMILES string of the molecule is COc1ccc(OCc2ccc(C(=O)Nc3c(Br)cc([N+](=O)[O-])cc3Br)o2)cc1. The van der Waals surface area contributed by atoms with Crippen LogP contribution in [-0.4, -0.2) is 17.9 Å². The Bertz CT molecular complexity index is 1030. The van der Waals surface area contributed by atoms with E-state index in [1.165, 1.54) is 18.2 Å². The normalized spacial score (nSPS) is 10.4. The summed E-state index contributed by atoms with van der Waals surface area (Å²) >= 11 is 6.45. The summed E-state index contributed by atoms with van der Waals surface area (Å²) in [6, 6.07) is 12.8. The van der Waals surface area contributed by atoms with Crippen molar-refractivity contribution >= 4 is 49.1 Å². The first-order valence-electron chi connectivity index (χ1n) is 8.17. The molecule has 8 nitrogen and oxygen atoms in total. The maximum atomic E-state index is 12.5. The fraction of sp³-hybridized carbons (Fsp3) is 0.105. The highest BCUT2D eigenvalue weighted by atomic mass is 79.9. The number of hydrogen-bond donors (Lipinski definition) is 1. The maximum absolute atomic E-state index is 12.5. The van der Waals surface area contributed by atoms with Gasteiger partial charge in [-0.2, -0.15) is 0 Å². The molecule has 3 rings (SSSR count). The predicted octanol–water partition coefficient (Wildman–Crippen LogP) is 5.55. The number of rotatable bonds is 7. The molecule has 0 bridgehead atoms. The Balaban J connectivity index is 1.65. The minimum atomic E-state index is -0.525. The third kappa shape index (κ3) is 5.15. The summed E-state index contributed by atoms with van der Waals surface area (Å²) in [5, 5.41) is 13.6. The lowest BCUT2D eigenvalue weighted by atomic mass is 10.2. The number of carbonyl (C=O) groups excluding carboxylic acids is 1. The van der Waals surface area contributed by atoms with E-state index >= 15 is 0 Å². The first-order valence-corrected chi connectivity index (χ1v) is 9.76. The summed E-state index contributed by atoms with van der Waals surface area (Å²) in [5.41, 5.74) is 0.241. The molecule has 1 N–H and O–H groups in total. The zero-order valence-electron chi connectivity index (χ0n) is 15.0. The van der Waals surface area contributed by atoms with Gasteiger partial charge in [0, 0.05) is 21.1 Å². The molecule has 0 aliphatic carbocycles. The minimum Gasteiger partial charge on any atom is -0.497 e. The molecule has 0 spiro atoms. The molecule has 2 aromatic carbocycles. The van der Waals surface area contributed by atoms with Crippen LogP contribution in [0.15, 0.2) is 61.9 Å². The Labute approximate surface area is 182 Å². The van der Waals surface area contributed by atoms with Crippen LogP contribution in [0.5, 0.6) is 11.5 Å². The van der Waals surface area contributed by atoms with Gasteiger partial charge >= 0.3 is 0 Å². The number of methoxy groups -OCH3 is 1. The number of halogens is 2. The molecule has 150 valence electrons. The molecule has 0 unspecified atom stereocenters. The Hall–Kier alpha value is -2.85. The number of anilines is 1. The first-order chi connectivity index (χ1) is 13.9. The van der Waals surface area contributed by atoms with Crippen LogP contribution in [-0.2, 0) is 6.61 Å². The van der Waals surface area contributed by atoms with E-state index in [1.807, 2.05) is 0 Å². The van der Waals surface area contributed by atoms with Gasteiger partial charge in [-0.15, -0.1) is 0 Å². The molecule has 1 heterocycles. The molecule has 0 aliphatic rings. The fourth-order valence-corrected chi connectivity index (χ4v) is 3.72. The van der Waals surface area contributed by atoms with Gasteiger partial charge in [0.1, 0.15) is 23.9 Å². The molecule has 10 heteroatoms. The lowest BCUT2D eigenvalue weighted by Crippen LogP contribution is -2.12. The van der Waals surface area contributed by atoms with Gasteiger partial charge in [-0.25, -0.2) is 0 Å². The number of hydrogen-bond acceptors (Lipinski definition) is 6. The van der Waals surface area contributed by atoms with Gasteiger partial charge in [-0.3, -0.25) is 14.9 Å². The van der Waals surface area contributed by atoms with E-state index < -0.39 is 10.8 Å². The molecule has 0 saturated heterocycles. The van der Waals surface area contributed by atoms with Gasteiger partial charge in [0.2, 0.25) is 0 Å². The second-order valence-corrected chi connectivity index (χ2v) is 7.43. The van der Waals surface area contributed by atoms with Crippen molar-refractivity contribution in [3.05, 3.63) is 79.1 Å². The number of carbonyl (C=O) groups is 1. The molecule has 0 radical (unpaired) electrons. The van der Waals surface area contributed by atoms with Crippen molar-refractivity contribution in [1.29, 1.82) is 0 Å². The van der Waals surface area contributed by atoms with Crippen molar-refractivity contribution in [3.63, 3.8) is 0 Å². The quantitative estimate of drug-likeness (QED) is 0.320. The van der Waals surface area contributed by atoms with Crippen LogP contribution in [0.3, 0.4) is 0 Å². The second-order valence-electron chi connectivity index (χ2n) is 5.73. The second kappa shape index (κ2) is 9.10. The number of amides is 1. The van der Waals surface area contributed by atoms with Crippen LogP contribution >= 0.6 is 31.9 Å². The highest BCUT2D eigenvalue weighted by Gasteiger charge is 2.18. The molecule has 0 saturated carbocycles. The van der Waals surface area contributed by atoms with Crippen LogP contribution in [0.4, 0.5) is 11.4 Å². The third-order valence-electron chi connectivity index (χ3n) is 3.80. The largest absolute Gasteiger partial charge is 0.497 e. The van der Waals surface area contributed by atoms with E-state index in [0.29, 0.717) is 26.1 Å². The number of nitro groups is 1. The van der Waals surface area contributed by atoms with Gasteiger partial charge < -0.3 is 19.2 Å². The van der Waals surface area contributed by atoms with Crippen LogP contribution in [0.2, 0.25) is 0 Å². The molecule has 0 fully saturated rings. The summed E-state index contributed by atoms with van der Waals surface area (Å²) in [5.74, 6) is 1.39. The van der Waals surface area contributed by atoms with Gasteiger partial charge in [-0.1, -0.05) is 0 Å². The number of nitrogens with one attached hydrogen (secondary N) is 1. The average molecular weight is 526 g/mol. The predicted molar refractivity (Wildman–Crippen MR) is 112 cm³/mol. The van der Waals surface area contributed by atoms with Gasteiger partial charge in [0.05, 0.1) is 17.7 Å². The molecule has 1 amide bonds. The summed E-state index contributed by atoms with van der Waals surface area (Å²) in [4.78, 5) is 22.8. The first kappa shape index (κ1) is 20.9. The summed E-state index contributed by atoms with van der Waals surface area (Å²) in [7, 11) is 1.58. The molecule has 1 aromatic heterocycles. The van der Waals surface area contributed by atoms with E-state index in [4.69, 9.17) is 13.9 Å². The lowest BCUT2D eigenvalue weighted by Gasteiger charge is -2.08. The molecular weight excluding hydrogens is 512 g/mol. The van der Waals surface area contributed by atoms with E-state index in [9.17, 15) is 14.9 Å². The zero-order chi connectivity index (χ0) is 21.0.